The number of hydrogen-bond acceptors (Lipinski definition) is 1. The van der Waals surface area contributed by atoms with Gasteiger partial charge in [-0.1, -0.05) is 58.4 Å². The predicted octanol–water partition coefficient (Wildman–Crippen LogP) is 5.56. The molecule has 0 aliphatic rings. The van der Waals surface area contributed by atoms with E-state index in [1.807, 2.05) is 6.07 Å². The number of benzene rings is 2. The van der Waals surface area contributed by atoms with Crippen molar-refractivity contribution in [3.05, 3.63) is 70.2 Å². The lowest BCUT2D eigenvalue weighted by Gasteiger charge is -2.18. The zero-order valence-electron chi connectivity index (χ0n) is 11.2. The van der Waals surface area contributed by atoms with Crippen LogP contribution in [-0.2, 0) is 0 Å². The van der Waals surface area contributed by atoms with E-state index in [0.717, 1.165) is 4.47 Å². The van der Waals surface area contributed by atoms with Gasteiger partial charge in [0.2, 0.25) is 0 Å². The van der Waals surface area contributed by atoms with Crippen LogP contribution in [0, 0.1) is 0 Å². The normalized spacial score (nSPS) is 14.0. The van der Waals surface area contributed by atoms with Crippen LogP contribution in [0.5, 0.6) is 0 Å². The van der Waals surface area contributed by atoms with E-state index >= 15 is 0 Å². The summed E-state index contributed by atoms with van der Waals surface area (Å²) in [6, 6.07) is 13.0. The largest absolute Gasteiger partial charge is 0.414 e. The van der Waals surface area contributed by atoms with Gasteiger partial charge >= 0.3 is 6.18 Å². The van der Waals surface area contributed by atoms with E-state index < -0.39 is 12.2 Å². The first-order chi connectivity index (χ1) is 9.88. The lowest BCUT2D eigenvalue weighted by molar-refractivity contribution is -0.148. The molecule has 0 aliphatic carbocycles. The predicted molar refractivity (Wildman–Crippen MR) is 81.6 cm³/mol. The lowest BCUT2D eigenvalue weighted by atomic mass is 10.1. The maximum Gasteiger partial charge on any atom is 0.414 e. The van der Waals surface area contributed by atoms with Crippen molar-refractivity contribution in [1.29, 1.82) is 0 Å². The monoisotopic (exact) mass is 355 g/mol. The van der Waals surface area contributed by atoms with E-state index in [9.17, 15) is 13.2 Å². The average molecular weight is 356 g/mol. The highest BCUT2D eigenvalue weighted by Gasteiger charge is 2.40. The number of nitrogens with zero attached hydrogens (tertiary/aromatic N) is 1. The highest BCUT2D eigenvalue weighted by atomic mass is 79.9. The van der Waals surface area contributed by atoms with Gasteiger partial charge in [0, 0.05) is 10.2 Å². The van der Waals surface area contributed by atoms with Gasteiger partial charge in [-0.25, -0.2) is 0 Å². The molecular formula is C16H13BrF3N. The van der Waals surface area contributed by atoms with Gasteiger partial charge in [-0.15, -0.1) is 0 Å². The zero-order valence-corrected chi connectivity index (χ0v) is 12.8. The van der Waals surface area contributed by atoms with Crippen LogP contribution in [0.15, 0.2) is 64.1 Å². The van der Waals surface area contributed by atoms with Gasteiger partial charge in [-0.3, -0.25) is 4.99 Å². The molecule has 1 atom stereocenters. The molecule has 0 unspecified atom stereocenters. The van der Waals surface area contributed by atoms with E-state index in [2.05, 4.69) is 20.9 Å². The van der Waals surface area contributed by atoms with Gasteiger partial charge in [0.15, 0.2) is 6.04 Å². The Morgan fingerprint density at radius 3 is 2.10 bits per heavy atom. The van der Waals surface area contributed by atoms with Crippen molar-refractivity contribution in [3.63, 3.8) is 0 Å². The summed E-state index contributed by atoms with van der Waals surface area (Å²) >= 11 is 3.22. The number of rotatable bonds is 3. The molecule has 0 saturated heterocycles. The summed E-state index contributed by atoms with van der Waals surface area (Å²) in [5, 5.41) is 0. The lowest BCUT2D eigenvalue weighted by Crippen LogP contribution is -2.20. The average Bonchev–Trinajstić information content (AvgIpc) is 2.45. The third kappa shape index (κ3) is 4.17. The van der Waals surface area contributed by atoms with Crippen molar-refractivity contribution in [1.82, 2.24) is 0 Å². The van der Waals surface area contributed by atoms with Crippen LogP contribution < -0.4 is 0 Å². The Balaban J connectivity index is 2.40. The van der Waals surface area contributed by atoms with Crippen molar-refractivity contribution in [2.45, 2.75) is 19.1 Å². The smallest absolute Gasteiger partial charge is 0.272 e. The molecule has 0 fully saturated rings. The molecule has 0 amide bonds. The van der Waals surface area contributed by atoms with Crippen LogP contribution in [-0.4, -0.2) is 11.9 Å². The molecule has 0 aromatic heterocycles. The molecular weight excluding hydrogens is 343 g/mol. The van der Waals surface area contributed by atoms with Gasteiger partial charge in [0.25, 0.3) is 0 Å². The Bertz CT molecular complexity index is 618. The summed E-state index contributed by atoms with van der Waals surface area (Å²) in [4.78, 5) is 3.89. The summed E-state index contributed by atoms with van der Waals surface area (Å²) in [6.07, 6.45) is -4.43. The fraction of sp³-hybridized carbons (Fsp3) is 0.188. The molecule has 1 nitrogen and oxygen atoms in total. The molecule has 0 aliphatic heterocycles. The minimum absolute atomic E-state index is 0.126. The Morgan fingerprint density at radius 1 is 1.00 bits per heavy atom. The van der Waals surface area contributed by atoms with Gasteiger partial charge < -0.3 is 0 Å². The molecule has 0 bridgehead atoms. The molecule has 0 saturated carbocycles. The van der Waals surface area contributed by atoms with Crippen LogP contribution in [0.3, 0.4) is 0 Å². The fourth-order valence-corrected chi connectivity index (χ4v) is 2.19. The second kappa shape index (κ2) is 6.43. The van der Waals surface area contributed by atoms with Crippen molar-refractivity contribution in [2.75, 3.05) is 0 Å². The molecule has 5 heteroatoms. The number of hydrogen-bond donors (Lipinski definition) is 0. The quantitative estimate of drug-likeness (QED) is 0.639. The van der Waals surface area contributed by atoms with Crippen molar-refractivity contribution < 1.29 is 13.2 Å². The van der Waals surface area contributed by atoms with E-state index in [1.165, 1.54) is 12.1 Å². The van der Waals surface area contributed by atoms with Crippen LogP contribution in [0.2, 0.25) is 0 Å². The Labute approximate surface area is 129 Å². The van der Waals surface area contributed by atoms with Crippen LogP contribution in [0.4, 0.5) is 13.2 Å². The van der Waals surface area contributed by atoms with Crippen LogP contribution in [0.1, 0.15) is 24.1 Å². The summed E-state index contributed by atoms with van der Waals surface area (Å²) < 4.78 is 40.5. The third-order valence-electron chi connectivity index (χ3n) is 3.01. The van der Waals surface area contributed by atoms with E-state index in [4.69, 9.17) is 0 Å². The zero-order chi connectivity index (χ0) is 15.5. The summed E-state index contributed by atoms with van der Waals surface area (Å²) in [5.74, 6) is 0. The van der Waals surface area contributed by atoms with Crippen molar-refractivity contribution >= 4 is 21.6 Å². The first-order valence-corrected chi connectivity index (χ1v) is 7.09. The van der Waals surface area contributed by atoms with Crippen LogP contribution in [0.25, 0.3) is 0 Å². The Kier molecular flexibility index (Phi) is 4.83. The molecule has 0 radical (unpaired) electrons. The molecule has 0 heterocycles. The number of halogens is 4. The maximum absolute atomic E-state index is 13.3. The third-order valence-corrected chi connectivity index (χ3v) is 3.54. The second-order valence-corrected chi connectivity index (χ2v) is 5.49. The van der Waals surface area contributed by atoms with Crippen molar-refractivity contribution in [2.24, 2.45) is 4.99 Å². The standard InChI is InChI=1S/C16H13BrF3N/c1-11(12-5-3-2-4-6-12)21-15(16(18,19)20)13-7-9-14(17)10-8-13/h2-10,15H,1H3/b21-11-/t15-/m0/s1. The minimum atomic E-state index is -4.43. The Hall–Kier alpha value is -1.62. The van der Waals surface area contributed by atoms with Gasteiger partial charge in [-0.2, -0.15) is 13.2 Å². The topological polar surface area (TPSA) is 12.4 Å². The molecule has 110 valence electrons. The summed E-state index contributed by atoms with van der Waals surface area (Å²) in [5.41, 5.74) is 1.17. The van der Waals surface area contributed by atoms with E-state index in [0.29, 0.717) is 11.3 Å². The first-order valence-electron chi connectivity index (χ1n) is 6.30. The minimum Gasteiger partial charge on any atom is -0.272 e. The van der Waals surface area contributed by atoms with Crippen molar-refractivity contribution in [3.8, 4) is 0 Å². The molecule has 2 aromatic carbocycles. The molecule has 21 heavy (non-hydrogen) atoms. The molecule has 0 N–H and O–H groups in total. The highest BCUT2D eigenvalue weighted by Crippen LogP contribution is 2.36. The molecule has 2 aromatic rings. The van der Waals surface area contributed by atoms with Gasteiger partial charge in [0.1, 0.15) is 0 Å². The number of alkyl halides is 3. The van der Waals surface area contributed by atoms with Gasteiger partial charge in [-0.05, 0) is 30.2 Å². The highest BCUT2D eigenvalue weighted by molar-refractivity contribution is 9.10. The van der Waals surface area contributed by atoms with Crippen LogP contribution >= 0.6 is 15.9 Å². The first kappa shape index (κ1) is 15.8. The molecule has 0 spiro atoms. The maximum atomic E-state index is 13.3. The van der Waals surface area contributed by atoms with E-state index in [-0.39, 0.29) is 5.56 Å². The fourth-order valence-electron chi connectivity index (χ4n) is 1.93. The molecule has 2 rings (SSSR count). The second-order valence-electron chi connectivity index (χ2n) is 4.58. The summed E-state index contributed by atoms with van der Waals surface area (Å²) in [6.45, 7) is 1.59. The number of aliphatic imine (C=N–C) groups is 1. The van der Waals surface area contributed by atoms with E-state index in [1.54, 1.807) is 43.3 Å². The summed E-state index contributed by atoms with van der Waals surface area (Å²) in [7, 11) is 0. The Morgan fingerprint density at radius 2 is 1.57 bits per heavy atom. The van der Waals surface area contributed by atoms with Gasteiger partial charge in [0.05, 0.1) is 0 Å². The SMILES string of the molecule is C/C(=N/[C@@H](c1ccc(Br)cc1)C(F)(F)F)c1ccccc1.